The Kier molecular flexibility index (Phi) is 5.27. The molecule has 1 amide bonds. The number of H-pyrrole nitrogens is 1. The fourth-order valence-corrected chi connectivity index (χ4v) is 4.00. The number of nitrogens with zero attached hydrogens (tertiary/aromatic N) is 2. The van der Waals surface area contributed by atoms with Crippen molar-refractivity contribution >= 4 is 17.6 Å². The second kappa shape index (κ2) is 7.98. The lowest BCUT2D eigenvalue weighted by Gasteiger charge is -2.17. The standard InChI is InChI=1S/C20H27N5O2/c1-13-4-2-3-5-15-11-16(8-9-21-15)23-19-12-18(24-25-19)14-6-7-17(10-14)27-20(26)22-13/h8-9,11-14,17H,2-7,10H2,1H3,(H,22,26)(H2,23,24,25)/t13-,14-,17+/m0/s1. The highest BCUT2D eigenvalue weighted by molar-refractivity contribution is 5.67. The topological polar surface area (TPSA) is 91.9 Å². The number of aromatic amines is 1. The first-order valence-electron chi connectivity index (χ1n) is 9.90. The van der Waals surface area contributed by atoms with E-state index in [9.17, 15) is 4.79 Å². The number of ether oxygens (including phenoxy) is 1. The van der Waals surface area contributed by atoms with Crippen LogP contribution in [0.15, 0.2) is 24.4 Å². The molecule has 2 aromatic heterocycles. The molecular weight excluding hydrogens is 342 g/mol. The molecule has 2 aliphatic rings. The van der Waals surface area contributed by atoms with E-state index in [1.54, 1.807) is 0 Å². The molecule has 1 saturated carbocycles. The van der Waals surface area contributed by atoms with Crippen molar-refractivity contribution in [1.29, 1.82) is 0 Å². The number of carbonyl (C=O) groups excluding carboxylic acids is 1. The maximum absolute atomic E-state index is 12.1. The summed E-state index contributed by atoms with van der Waals surface area (Å²) >= 11 is 0. The number of fused-ring (bicyclic) bond motifs is 7. The number of aryl methyl sites for hydroxylation is 1. The molecule has 1 aliphatic carbocycles. The zero-order valence-corrected chi connectivity index (χ0v) is 15.7. The van der Waals surface area contributed by atoms with Gasteiger partial charge in [0.1, 0.15) is 6.10 Å². The SMILES string of the molecule is C[C@H]1CCCCc2cc(ccn2)Nc2cc([nH]n2)[C@H]2CC[C@H](C2)OC(=O)N1. The van der Waals surface area contributed by atoms with E-state index in [4.69, 9.17) is 4.74 Å². The molecule has 0 spiro atoms. The van der Waals surface area contributed by atoms with Crippen molar-refractivity contribution in [2.24, 2.45) is 0 Å². The van der Waals surface area contributed by atoms with E-state index in [2.05, 4.69) is 37.9 Å². The number of nitrogens with one attached hydrogen (secondary N) is 3. The minimum Gasteiger partial charge on any atom is -0.446 e. The summed E-state index contributed by atoms with van der Waals surface area (Å²) in [7, 11) is 0. The highest BCUT2D eigenvalue weighted by Gasteiger charge is 2.30. The molecule has 0 aromatic carbocycles. The van der Waals surface area contributed by atoms with E-state index < -0.39 is 0 Å². The molecule has 4 rings (SSSR count). The van der Waals surface area contributed by atoms with Crippen LogP contribution in [0.1, 0.15) is 62.8 Å². The number of hydrogen-bond donors (Lipinski definition) is 3. The number of amides is 1. The summed E-state index contributed by atoms with van der Waals surface area (Å²) < 4.78 is 5.63. The molecule has 3 N–H and O–H groups in total. The minimum absolute atomic E-state index is 0.0245. The molecule has 0 radical (unpaired) electrons. The molecule has 1 aliphatic heterocycles. The van der Waals surface area contributed by atoms with Gasteiger partial charge in [-0.2, -0.15) is 5.10 Å². The van der Waals surface area contributed by atoms with Crippen LogP contribution in [0.25, 0.3) is 0 Å². The van der Waals surface area contributed by atoms with Gasteiger partial charge in [-0.3, -0.25) is 10.1 Å². The van der Waals surface area contributed by atoms with Gasteiger partial charge >= 0.3 is 6.09 Å². The smallest absolute Gasteiger partial charge is 0.407 e. The number of carbonyl (C=O) groups is 1. The van der Waals surface area contributed by atoms with Crippen LogP contribution < -0.4 is 10.6 Å². The Balaban J connectivity index is 1.52. The Morgan fingerprint density at radius 2 is 2.11 bits per heavy atom. The summed E-state index contributed by atoms with van der Waals surface area (Å²) in [5, 5.41) is 13.9. The zero-order chi connectivity index (χ0) is 18.6. The highest BCUT2D eigenvalue weighted by Crippen LogP contribution is 2.36. The fraction of sp³-hybridized carbons (Fsp3) is 0.550. The molecule has 3 atom stereocenters. The molecule has 6 bridgehead atoms. The van der Waals surface area contributed by atoms with Crippen molar-refractivity contribution in [3.8, 4) is 0 Å². The highest BCUT2D eigenvalue weighted by atomic mass is 16.6. The molecule has 0 unspecified atom stereocenters. The van der Waals surface area contributed by atoms with Crippen molar-refractivity contribution in [2.75, 3.05) is 5.32 Å². The van der Waals surface area contributed by atoms with E-state index in [-0.39, 0.29) is 18.2 Å². The second-order valence-corrected chi connectivity index (χ2v) is 7.70. The first-order valence-corrected chi connectivity index (χ1v) is 9.90. The number of rotatable bonds is 0. The maximum Gasteiger partial charge on any atom is 0.407 e. The van der Waals surface area contributed by atoms with Crippen molar-refractivity contribution < 1.29 is 9.53 Å². The summed E-state index contributed by atoms with van der Waals surface area (Å²) in [6, 6.07) is 6.22. The Morgan fingerprint density at radius 1 is 1.19 bits per heavy atom. The van der Waals surface area contributed by atoms with E-state index >= 15 is 0 Å². The van der Waals surface area contributed by atoms with Crippen LogP contribution >= 0.6 is 0 Å². The third-order valence-corrected chi connectivity index (χ3v) is 5.47. The van der Waals surface area contributed by atoms with Crippen LogP contribution in [0.5, 0.6) is 0 Å². The lowest BCUT2D eigenvalue weighted by Crippen LogP contribution is -2.35. The average molecular weight is 369 g/mol. The largest absolute Gasteiger partial charge is 0.446 e. The fourth-order valence-electron chi connectivity index (χ4n) is 4.00. The predicted octanol–water partition coefficient (Wildman–Crippen LogP) is 4.03. The van der Waals surface area contributed by atoms with Crippen LogP contribution in [-0.2, 0) is 11.2 Å². The van der Waals surface area contributed by atoms with E-state index in [1.165, 1.54) is 0 Å². The first kappa shape index (κ1) is 17.8. The summed E-state index contributed by atoms with van der Waals surface area (Å²) in [5.41, 5.74) is 3.16. The molecule has 7 heteroatoms. The van der Waals surface area contributed by atoms with E-state index in [0.29, 0.717) is 5.92 Å². The Labute approximate surface area is 159 Å². The van der Waals surface area contributed by atoms with Gasteiger partial charge in [0.25, 0.3) is 0 Å². The molecule has 2 aromatic rings. The van der Waals surface area contributed by atoms with Crippen LogP contribution in [-0.4, -0.2) is 33.4 Å². The van der Waals surface area contributed by atoms with Crippen molar-refractivity contribution in [2.45, 2.75) is 69.9 Å². The Hall–Kier alpha value is -2.57. The van der Waals surface area contributed by atoms with Gasteiger partial charge in [0.2, 0.25) is 0 Å². The van der Waals surface area contributed by atoms with Crippen LogP contribution in [0, 0.1) is 0 Å². The van der Waals surface area contributed by atoms with Gasteiger partial charge < -0.3 is 15.4 Å². The van der Waals surface area contributed by atoms with Gasteiger partial charge in [0, 0.05) is 41.3 Å². The van der Waals surface area contributed by atoms with Gasteiger partial charge in [-0.05, 0) is 57.6 Å². The van der Waals surface area contributed by atoms with Crippen molar-refractivity contribution in [1.82, 2.24) is 20.5 Å². The van der Waals surface area contributed by atoms with Gasteiger partial charge in [-0.25, -0.2) is 4.79 Å². The van der Waals surface area contributed by atoms with Crippen molar-refractivity contribution in [3.05, 3.63) is 35.8 Å². The lowest BCUT2D eigenvalue weighted by molar-refractivity contribution is 0.0971. The number of pyridine rings is 1. The summed E-state index contributed by atoms with van der Waals surface area (Å²) in [5.74, 6) is 1.15. The molecule has 0 saturated heterocycles. The average Bonchev–Trinajstić information content (AvgIpc) is 3.28. The van der Waals surface area contributed by atoms with Crippen LogP contribution in [0.4, 0.5) is 16.3 Å². The normalized spacial score (nSPS) is 26.3. The monoisotopic (exact) mass is 369 g/mol. The summed E-state index contributed by atoms with van der Waals surface area (Å²) in [6.45, 7) is 2.03. The maximum atomic E-state index is 12.1. The van der Waals surface area contributed by atoms with Gasteiger partial charge in [0.05, 0.1) is 0 Å². The number of alkyl carbamates (subject to hydrolysis) is 1. The predicted molar refractivity (Wildman–Crippen MR) is 103 cm³/mol. The van der Waals surface area contributed by atoms with Gasteiger partial charge in [0.15, 0.2) is 5.82 Å². The molecule has 1 fully saturated rings. The number of anilines is 2. The van der Waals surface area contributed by atoms with Crippen LogP contribution in [0.2, 0.25) is 0 Å². The Morgan fingerprint density at radius 3 is 3.04 bits per heavy atom. The molecule has 3 heterocycles. The van der Waals surface area contributed by atoms with Gasteiger partial charge in [-0.15, -0.1) is 0 Å². The van der Waals surface area contributed by atoms with Crippen molar-refractivity contribution in [3.63, 3.8) is 0 Å². The quantitative estimate of drug-likeness (QED) is 0.652. The van der Waals surface area contributed by atoms with Gasteiger partial charge in [-0.1, -0.05) is 6.42 Å². The third kappa shape index (κ3) is 4.59. The van der Waals surface area contributed by atoms with E-state index in [1.807, 2.05) is 19.2 Å². The first-order chi connectivity index (χ1) is 13.2. The summed E-state index contributed by atoms with van der Waals surface area (Å²) in [6.07, 6.45) is 8.17. The third-order valence-electron chi connectivity index (χ3n) is 5.47. The molecule has 7 nitrogen and oxygen atoms in total. The number of aromatic nitrogens is 3. The minimum atomic E-state index is -0.296. The lowest BCUT2D eigenvalue weighted by atomic mass is 10.0. The Bertz CT molecular complexity index is 790. The molecular formula is C20H27N5O2. The van der Waals surface area contributed by atoms with E-state index in [0.717, 1.165) is 67.8 Å². The second-order valence-electron chi connectivity index (χ2n) is 7.70. The van der Waals surface area contributed by atoms with Crippen LogP contribution in [0.3, 0.4) is 0 Å². The zero-order valence-electron chi connectivity index (χ0n) is 15.7. The summed E-state index contributed by atoms with van der Waals surface area (Å²) in [4.78, 5) is 16.6. The molecule has 27 heavy (non-hydrogen) atoms. The molecule has 144 valence electrons. The number of hydrogen-bond acceptors (Lipinski definition) is 5.